The third-order valence-corrected chi connectivity index (χ3v) is 5.04. The summed E-state index contributed by atoms with van der Waals surface area (Å²) in [6.07, 6.45) is 2.45. The summed E-state index contributed by atoms with van der Waals surface area (Å²) in [7, 11) is 1.94. The lowest BCUT2D eigenvalue weighted by atomic mass is 10.1. The first-order valence-electron chi connectivity index (χ1n) is 8.42. The molecule has 1 aromatic carbocycles. The summed E-state index contributed by atoms with van der Waals surface area (Å²) in [5.74, 6) is -4.05. The van der Waals surface area contributed by atoms with Crippen LogP contribution in [-0.2, 0) is 0 Å². The van der Waals surface area contributed by atoms with Crippen molar-refractivity contribution >= 4 is 28.3 Å². The topological polar surface area (TPSA) is 75.0 Å². The predicted octanol–water partition coefficient (Wildman–Crippen LogP) is 1.94. The zero-order valence-electron chi connectivity index (χ0n) is 14.8. The third kappa shape index (κ3) is 2.49. The maximum absolute atomic E-state index is 15.0. The van der Waals surface area contributed by atoms with Gasteiger partial charge in [0.1, 0.15) is 23.0 Å². The first kappa shape index (κ1) is 17.5. The molecular formula is C18H17F2N3O4. The molecule has 2 aromatic rings. The molecule has 142 valence electrons. The van der Waals surface area contributed by atoms with Crippen molar-refractivity contribution in [2.24, 2.45) is 0 Å². The average molecular weight is 377 g/mol. The maximum atomic E-state index is 15.0. The number of carbonyl (C=O) groups is 1. The molecule has 4 rings (SSSR count). The van der Waals surface area contributed by atoms with E-state index in [0.717, 1.165) is 6.20 Å². The molecule has 9 heteroatoms. The van der Waals surface area contributed by atoms with Gasteiger partial charge in [0.2, 0.25) is 5.43 Å². The highest BCUT2D eigenvalue weighted by molar-refractivity contribution is 5.99. The molecule has 3 heterocycles. The Kier molecular flexibility index (Phi) is 3.92. The second kappa shape index (κ2) is 6.05. The highest BCUT2D eigenvalue weighted by Gasteiger charge is 2.32. The highest BCUT2D eigenvalue weighted by Crippen LogP contribution is 2.43. The van der Waals surface area contributed by atoms with Gasteiger partial charge in [0, 0.05) is 32.4 Å². The van der Waals surface area contributed by atoms with Gasteiger partial charge >= 0.3 is 5.97 Å². The molecule has 0 atom stereocenters. The minimum Gasteiger partial charge on any atom is -0.477 e. The second-order valence-electron chi connectivity index (χ2n) is 6.74. The number of hydrogen-bond donors (Lipinski definition) is 1. The number of ether oxygens (including phenoxy) is 1. The van der Waals surface area contributed by atoms with Gasteiger partial charge in [0.15, 0.2) is 17.4 Å². The van der Waals surface area contributed by atoms with Gasteiger partial charge in [-0.3, -0.25) is 4.79 Å². The van der Waals surface area contributed by atoms with E-state index in [1.54, 1.807) is 11.8 Å². The summed E-state index contributed by atoms with van der Waals surface area (Å²) < 4.78 is 36.9. The van der Waals surface area contributed by atoms with E-state index >= 15 is 0 Å². The molecule has 1 fully saturated rings. The van der Waals surface area contributed by atoms with Crippen LogP contribution in [0.25, 0.3) is 16.6 Å². The minimum absolute atomic E-state index is 0.0214. The van der Waals surface area contributed by atoms with Crippen molar-refractivity contribution in [1.29, 1.82) is 0 Å². The maximum Gasteiger partial charge on any atom is 0.341 e. The number of aromatic carboxylic acids is 1. The number of likely N-dealkylation sites (N-methyl/N-ethyl adjacent to an activating group) is 1. The molecule has 27 heavy (non-hydrogen) atoms. The van der Waals surface area contributed by atoms with Crippen molar-refractivity contribution in [3.63, 3.8) is 0 Å². The number of anilines is 1. The largest absolute Gasteiger partial charge is 0.477 e. The zero-order chi connectivity index (χ0) is 19.5. The standard InChI is InChI=1S/C18H17F2N3O4/c1-9-8-27-17-14-11(16(24)10(18(25)26)7-23(9)14)12(19)13(20)15(17)22-5-3-21(2)4-6-22/h7-8H,3-6H2,1-2H3,(H,25,26). The number of aromatic nitrogens is 1. The molecule has 0 amide bonds. The summed E-state index contributed by atoms with van der Waals surface area (Å²) in [4.78, 5) is 27.7. The quantitative estimate of drug-likeness (QED) is 0.862. The number of carboxylic acid groups (broad SMARTS) is 1. The SMILES string of the molecule is CC1=COc2c(N3CCN(C)CC3)c(F)c(F)c3c(=O)c(C(=O)O)cn1c23. The summed E-state index contributed by atoms with van der Waals surface area (Å²) in [6, 6.07) is 0. The van der Waals surface area contributed by atoms with Crippen molar-refractivity contribution in [1.82, 2.24) is 9.47 Å². The van der Waals surface area contributed by atoms with Gasteiger partial charge in [-0.1, -0.05) is 0 Å². The first-order chi connectivity index (χ1) is 12.8. The zero-order valence-corrected chi connectivity index (χ0v) is 14.8. The molecule has 2 aliphatic heterocycles. The molecule has 1 saturated heterocycles. The van der Waals surface area contributed by atoms with E-state index in [1.807, 2.05) is 7.05 Å². The second-order valence-corrected chi connectivity index (χ2v) is 6.74. The molecule has 2 aliphatic rings. The number of carboxylic acids is 1. The summed E-state index contributed by atoms with van der Waals surface area (Å²) in [5.41, 5.74) is -1.26. The fourth-order valence-electron chi connectivity index (χ4n) is 3.52. The van der Waals surface area contributed by atoms with E-state index in [4.69, 9.17) is 4.74 Å². The van der Waals surface area contributed by atoms with Gasteiger partial charge in [-0.25, -0.2) is 13.6 Å². The van der Waals surface area contributed by atoms with E-state index < -0.39 is 34.0 Å². The van der Waals surface area contributed by atoms with Crippen molar-refractivity contribution in [3.8, 4) is 5.75 Å². The van der Waals surface area contributed by atoms with Crippen LogP contribution in [0, 0.1) is 11.6 Å². The normalized spacial score (nSPS) is 17.0. The van der Waals surface area contributed by atoms with Crippen LogP contribution in [0.1, 0.15) is 17.3 Å². The smallest absolute Gasteiger partial charge is 0.341 e. The van der Waals surface area contributed by atoms with Gasteiger partial charge in [-0.2, -0.15) is 0 Å². The minimum atomic E-state index is -1.51. The predicted molar refractivity (Wildman–Crippen MR) is 95.4 cm³/mol. The van der Waals surface area contributed by atoms with Crippen LogP contribution in [0.2, 0.25) is 0 Å². The first-order valence-corrected chi connectivity index (χ1v) is 8.42. The van der Waals surface area contributed by atoms with E-state index in [9.17, 15) is 23.5 Å². The Bertz CT molecular complexity index is 1070. The molecule has 0 radical (unpaired) electrons. The van der Waals surface area contributed by atoms with E-state index in [-0.39, 0.29) is 17.0 Å². The Balaban J connectivity index is 2.08. The van der Waals surface area contributed by atoms with Crippen LogP contribution in [0.4, 0.5) is 14.5 Å². The lowest BCUT2D eigenvalue weighted by Gasteiger charge is -2.35. The number of hydrogen-bond acceptors (Lipinski definition) is 5. The van der Waals surface area contributed by atoms with Gasteiger partial charge in [0.05, 0.1) is 11.1 Å². The van der Waals surface area contributed by atoms with Crippen LogP contribution < -0.4 is 15.1 Å². The van der Waals surface area contributed by atoms with Crippen LogP contribution >= 0.6 is 0 Å². The number of piperazine rings is 1. The third-order valence-electron chi connectivity index (χ3n) is 5.04. The van der Waals surface area contributed by atoms with Crippen LogP contribution in [0.3, 0.4) is 0 Å². The van der Waals surface area contributed by atoms with Crippen molar-refractivity contribution < 1.29 is 23.4 Å². The van der Waals surface area contributed by atoms with E-state index in [0.29, 0.717) is 31.9 Å². The molecule has 0 spiro atoms. The fraction of sp³-hybridized carbons (Fsp3) is 0.333. The summed E-state index contributed by atoms with van der Waals surface area (Å²) >= 11 is 0. The van der Waals surface area contributed by atoms with Crippen molar-refractivity contribution in [2.45, 2.75) is 6.92 Å². The highest BCUT2D eigenvalue weighted by atomic mass is 19.2. The number of rotatable bonds is 2. The Labute approximate surface area is 152 Å². The molecule has 0 bridgehead atoms. The molecule has 7 nitrogen and oxygen atoms in total. The number of benzene rings is 1. The Morgan fingerprint density at radius 1 is 1.19 bits per heavy atom. The average Bonchev–Trinajstić information content (AvgIpc) is 2.63. The van der Waals surface area contributed by atoms with E-state index in [2.05, 4.69) is 4.90 Å². The lowest BCUT2D eigenvalue weighted by Crippen LogP contribution is -2.45. The monoisotopic (exact) mass is 377 g/mol. The lowest BCUT2D eigenvalue weighted by molar-refractivity contribution is 0.0695. The molecule has 0 saturated carbocycles. The Hall–Kier alpha value is -2.94. The van der Waals surface area contributed by atoms with Gasteiger partial charge in [-0.15, -0.1) is 0 Å². The Morgan fingerprint density at radius 2 is 1.85 bits per heavy atom. The number of allylic oxidation sites excluding steroid dienone is 1. The summed E-state index contributed by atoms with van der Waals surface area (Å²) in [5, 5.41) is 8.65. The molecule has 1 N–H and O–H groups in total. The van der Waals surface area contributed by atoms with Crippen LogP contribution in [-0.4, -0.2) is 53.8 Å². The molecule has 0 unspecified atom stereocenters. The van der Waals surface area contributed by atoms with Gasteiger partial charge < -0.3 is 24.2 Å². The van der Waals surface area contributed by atoms with Crippen LogP contribution in [0.15, 0.2) is 17.3 Å². The molecule has 0 aliphatic carbocycles. The summed E-state index contributed by atoms with van der Waals surface area (Å²) in [6.45, 7) is 3.88. The fourth-order valence-corrected chi connectivity index (χ4v) is 3.52. The molecule has 1 aromatic heterocycles. The van der Waals surface area contributed by atoms with Crippen molar-refractivity contribution in [3.05, 3.63) is 39.9 Å². The van der Waals surface area contributed by atoms with Gasteiger partial charge in [0.25, 0.3) is 0 Å². The van der Waals surface area contributed by atoms with E-state index in [1.165, 1.54) is 10.8 Å². The number of halogens is 2. The Morgan fingerprint density at radius 3 is 2.48 bits per heavy atom. The van der Waals surface area contributed by atoms with Crippen molar-refractivity contribution in [2.75, 3.05) is 38.1 Å². The van der Waals surface area contributed by atoms with Gasteiger partial charge in [-0.05, 0) is 14.0 Å². The number of nitrogens with zero attached hydrogens (tertiary/aromatic N) is 3. The van der Waals surface area contributed by atoms with Crippen LogP contribution in [0.5, 0.6) is 5.75 Å². The number of pyridine rings is 1. The molecular weight excluding hydrogens is 360 g/mol.